The van der Waals surface area contributed by atoms with E-state index in [0.717, 1.165) is 6.54 Å². The molecular formula is C12H22N4O2. The fraction of sp³-hybridized carbons (Fsp3) is 0.833. The molecule has 0 saturated carbocycles. The molecule has 2 saturated heterocycles. The second kappa shape index (κ2) is 5.24. The number of rotatable bonds is 2. The van der Waals surface area contributed by atoms with Crippen LogP contribution < -0.4 is 16.4 Å². The van der Waals surface area contributed by atoms with E-state index in [2.05, 4.69) is 10.6 Å². The van der Waals surface area contributed by atoms with Crippen molar-refractivity contribution < 1.29 is 9.59 Å². The monoisotopic (exact) mass is 254 g/mol. The number of nitrogens with zero attached hydrogens (tertiary/aromatic N) is 1. The third kappa shape index (κ3) is 2.35. The number of carbonyl (C=O) groups excluding carboxylic acids is 2. The molecular weight excluding hydrogens is 232 g/mol. The molecule has 2 amide bonds. The third-order valence-electron chi connectivity index (χ3n) is 3.99. The second-order valence-electron chi connectivity index (χ2n) is 5.10. The average molecular weight is 254 g/mol. The Kier molecular flexibility index (Phi) is 3.87. The molecule has 6 heteroatoms. The number of piperazine rings is 1. The van der Waals surface area contributed by atoms with E-state index in [9.17, 15) is 9.59 Å². The Hall–Kier alpha value is -1.14. The molecule has 0 aliphatic carbocycles. The number of likely N-dealkylation sites (tertiary alicyclic amines) is 1. The molecule has 2 rings (SSSR count). The van der Waals surface area contributed by atoms with Gasteiger partial charge in [0.15, 0.2) is 0 Å². The molecule has 6 nitrogen and oxygen atoms in total. The molecule has 0 aromatic carbocycles. The maximum absolute atomic E-state index is 12.0. The minimum Gasteiger partial charge on any atom is -0.353 e. The van der Waals surface area contributed by atoms with Crippen molar-refractivity contribution in [3.05, 3.63) is 0 Å². The average Bonchev–Trinajstić information content (AvgIpc) is 2.41. The first-order valence-electron chi connectivity index (χ1n) is 6.67. The lowest BCUT2D eigenvalue weighted by Crippen LogP contribution is -2.67. The molecule has 2 aliphatic rings. The summed E-state index contributed by atoms with van der Waals surface area (Å²) in [5.74, 6) is 0.0733. The first-order chi connectivity index (χ1) is 8.59. The zero-order valence-electron chi connectivity index (χ0n) is 10.9. The number of hydrogen-bond acceptors (Lipinski definition) is 4. The topological polar surface area (TPSA) is 87.5 Å². The van der Waals surface area contributed by atoms with Gasteiger partial charge in [0.25, 0.3) is 0 Å². The van der Waals surface area contributed by atoms with Crippen LogP contribution in [0.15, 0.2) is 0 Å². The zero-order chi connectivity index (χ0) is 13.2. The number of piperidine rings is 1. The van der Waals surface area contributed by atoms with Crippen molar-refractivity contribution in [3.63, 3.8) is 0 Å². The zero-order valence-corrected chi connectivity index (χ0v) is 10.9. The second-order valence-corrected chi connectivity index (χ2v) is 5.10. The molecule has 0 bridgehead atoms. The van der Waals surface area contributed by atoms with Crippen LogP contribution in [0.5, 0.6) is 0 Å². The highest BCUT2D eigenvalue weighted by atomic mass is 16.2. The summed E-state index contributed by atoms with van der Waals surface area (Å²) < 4.78 is 0. The van der Waals surface area contributed by atoms with Crippen molar-refractivity contribution >= 4 is 11.8 Å². The van der Waals surface area contributed by atoms with Crippen molar-refractivity contribution in [1.82, 2.24) is 15.5 Å². The molecule has 4 N–H and O–H groups in total. The lowest BCUT2D eigenvalue weighted by atomic mass is 9.85. The van der Waals surface area contributed by atoms with Crippen molar-refractivity contribution in [2.75, 3.05) is 26.2 Å². The molecule has 18 heavy (non-hydrogen) atoms. The van der Waals surface area contributed by atoms with Gasteiger partial charge < -0.3 is 21.3 Å². The number of nitrogens with two attached hydrogens (primary N) is 1. The molecule has 2 heterocycles. The Bertz CT molecular complexity index is 337. The predicted molar refractivity (Wildman–Crippen MR) is 67.8 cm³/mol. The van der Waals surface area contributed by atoms with Crippen LogP contribution in [0, 0.1) is 0 Å². The van der Waals surface area contributed by atoms with E-state index in [4.69, 9.17) is 5.73 Å². The van der Waals surface area contributed by atoms with Gasteiger partial charge in [-0.3, -0.25) is 9.59 Å². The summed E-state index contributed by atoms with van der Waals surface area (Å²) in [6.07, 6.45) is 1.99. The fourth-order valence-corrected chi connectivity index (χ4v) is 2.65. The lowest BCUT2D eigenvalue weighted by Gasteiger charge is -2.43. The minimum absolute atomic E-state index is 0.00330. The van der Waals surface area contributed by atoms with Crippen LogP contribution in [0.1, 0.15) is 26.2 Å². The summed E-state index contributed by atoms with van der Waals surface area (Å²) in [4.78, 5) is 25.7. The number of amides is 2. The SMILES string of the molecule is CC[C@H](N)C(=O)N1CCC2(CC1)NCCNC2=O. The summed E-state index contributed by atoms with van der Waals surface area (Å²) in [5.41, 5.74) is 5.29. The molecule has 0 aromatic rings. The predicted octanol–water partition coefficient (Wildman–Crippen LogP) is -1.20. The Morgan fingerprint density at radius 2 is 2.11 bits per heavy atom. The van der Waals surface area contributed by atoms with Crippen LogP contribution in [0.3, 0.4) is 0 Å². The highest BCUT2D eigenvalue weighted by Gasteiger charge is 2.43. The van der Waals surface area contributed by atoms with Gasteiger partial charge in [-0.2, -0.15) is 0 Å². The van der Waals surface area contributed by atoms with Crippen LogP contribution in [0.2, 0.25) is 0 Å². The lowest BCUT2D eigenvalue weighted by molar-refractivity contribution is -0.139. The Morgan fingerprint density at radius 3 is 2.67 bits per heavy atom. The van der Waals surface area contributed by atoms with Gasteiger partial charge in [-0.05, 0) is 19.3 Å². The van der Waals surface area contributed by atoms with Crippen LogP contribution in [0.25, 0.3) is 0 Å². The quantitative estimate of drug-likeness (QED) is 0.578. The first kappa shape index (κ1) is 13.3. The van der Waals surface area contributed by atoms with Crippen LogP contribution >= 0.6 is 0 Å². The van der Waals surface area contributed by atoms with E-state index in [1.54, 1.807) is 4.90 Å². The first-order valence-corrected chi connectivity index (χ1v) is 6.67. The van der Waals surface area contributed by atoms with E-state index in [1.165, 1.54) is 0 Å². The van der Waals surface area contributed by atoms with Gasteiger partial charge >= 0.3 is 0 Å². The molecule has 2 aliphatic heterocycles. The highest BCUT2D eigenvalue weighted by molar-refractivity contribution is 5.88. The molecule has 1 spiro atoms. The molecule has 1 atom stereocenters. The normalized spacial score (nSPS) is 24.8. The third-order valence-corrected chi connectivity index (χ3v) is 3.99. The standard InChI is InChI=1S/C12H22N4O2/c1-2-9(13)10(17)16-7-3-12(4-8-16)11(18)14-5-6-15-12/h9,15H,2-8,13H2,1H3,(H,14,18)/t9-/m0/s1. The van der Waals surface area contributed by atoms with E-state index in [-0.39, 0.29) is 11.8 Å². The van der Waals surface area contributed by atoms with E-state index in [1.807, 2.05) is 6.92 Å². The molecule has 0 radical (unpaired) electrons. The van der Waals surface area contributed by atoms with Gasteiger partial charge in [0.05, 0.1) is 6.04 Å². The van der Waals surface area contributed by atoms with Crippen molar-refractivity contribution in [3.8, 4) is 0 Å². The maximum atomic E-state index is 12.0. The summed E-state index contributed by atoms with van der Waals surface area (Å²) >= 11 is 0. The van der Waals surface area contributed by atoms with Crippen LogP contribution in [0.4, 0.5) is 0 Å². The largest absolute Gasteiger partial charge is 0.353 e. The van der Waals surface area contributed by atoms with Crippen LogP contribution in [-0.4, -0.2) is 54.5 Å². The summed E-state index contributed by atoms with van der Waals surface area (Å²) in [7, 11) is 0. The molecule has 0 unspecified atom stereocenters. The number of nitrogens with one attached hydrogen (secondary N) is 2. The smallest absolute Gasteiger partial charge is 0.240 e. The number of carbonyl (C=O) groups is 2. The minimum atomic E-state index is -0.467. The van der Waals surface area contributed by atoms with Gasteiger partial charge in [0.1, 0.15) is 5.54 Å². The van der Waals surface area contributed by atoms with E-state index in [0.29, 0.717) is 38.9 Å². The van der Waals surface area contributed by atoms with Gasteiger partial charge in [0, 0.05) is 26.2 Å². The summed E-state index contributed by atoms with van der Waals surface area (Å²) in [6, 6.07) is -0.410. The Balaban J connectivity index is 1.95. The molecule has 0 aromatic heterocycles. The van der Waals surface area contributed by atoms with Crippen LogP contribution in [-0.2, 0) is 9.59 Å². The van der Waals surface area contributed by atoms with Gasteiger partial charge in [0.2, 0.25) is 11.8 Å². The van der Waals surface area contributed by atoms with Gasteiger partial charge in [-0.1, -0.05) is 6.92 Å². The molecule has 2 fully saturated rings. The van der Waals surface area contributed by atoms with E-state index < -0.39 is 11.6 Å². The molecule has 102 valence electrons. The Labute approximate surface area is 107 Å². The van der Waals surface area contributed by atoms with Crippen molar-refractivity contribution in [2.45, 2.75) is 37.8 Å². The van der Waals surface area contributed by atoms with Gasteiger partial charge in [-0.25, -0.2) is 0 Å². The Morgan fingerprint density at radius 1 is 1.44 bits per heavy atom. The fourth-order valence-electron chi connectivity index (χ4n) is 2.65. The maximum Gasteiger partial charge on any atom is 0.240 e. The van der Waals surface area contributed by atoms with Gasteiger partial charge in [-0.15, -0.1) is 0 Å². The number of hydrogen-bond donors (Lipinski definition) is 3. The summed E-state index contributed by atoms with van der Waals surface area (Å²) in [5, 5.41) is 6.20. The highest BCUT2D eigenvalue weighted by Crippen LogP contribution is 2.24. The summed E-state index contributed by atoms with van der Waals surface area (Å²) in [6.45, 7) is 4.60. The van der Waals surface area contributed by atoms with Crippen molar-refractivity contribution in [1.29, 1.82) is 0 Å². The van der Waals surface area contributed by atoms with Crippen molar-refractivity contribution in [2.24, 2.45) is 5.73 Å². The van der Waals surface area contributed by atoms with E-state index >= 15 is 0 Å².